The van der Waals surface area contributed by atoms with Gasteiger partial charge in [-0.3, -0.25) is 4.98 Å². The van der Waals surface area contributed by atoms with Gasteiger partial charge in [0.1, 0.15) is 0 Å². The lowest BCUT2D eigenvalue weighted by Crippen LogP contribution is -2.30. The van der Waals surface area contributed by atoms with Gasteiger partial charge in [-0.2, -0.15) is 0 Å². The molecule has 0 aliphatic carbocycles. The molecule has 1 heterocycles. The largest absolute Gasteiger partial charge is 0.392 e. The van der Waals surface area contributed by atoms with Gasteiger partial charge in [0.05, 0.1) is 18.3 Å². The van der Waals surface area contributed by atoms with Crippen molar-refractivity contribution in [3.63, 3.8) is 0 Å². The van der Waals surface area contributed by atoms with Crippen LogP contribution in [0.2, 0.25) is 0 Å². The van der Waals surface area contributed by atoms with E-state index in [1.54, 1.807) is 13.1 Å². The van der Waals surface area contributed by atoms with Gasteiger partial charge in [-0.15, -0.1) is 0 Å². The van der Waals surface area contributed by atoms with Gasteiger partial charge in [0, 0.05) is 18.4 Å². The SMILES string of the molecule is CC(O)CN(Cc1ccccn1)c1ccccc1. The minimum absolute atomic E-state index is 0.367. The Labute approximate surface area is 108 Å². The summed E-state index contributed by atoms with van der Waals surface area (Å²) >= 11 is 0. The normalized spacial score (nSPS) is 12.1. The molecule has 0 saturated carbocycles. The quantitative estimate of drug-likeness (QED) is 0.875. The van der Waals surface area contributed by atoms with Crippen molar-refractivity contribution in [2.24, 2.45) is 0 Å². The number of aromatic nitrogens is 1. The molecule has 0 spiro atoms. The molecule has 1 unspecified atom stereocenters. The van der Waals surface area contributed by atoms with E-state index < -0.39 is 0 Å². The van der Waals surface area contributed by atoms with Crippen LogP contribution in [-0.4, -0.2) is 22.7 Å². The second-order valence-electron chi connectivity index (χ2n) is 4.39. The number of para-hydroxylation sites is 1. The van der Waals surface area contributed by atoms with Crippen LogP contribution in [0.1, 0.15) is 12.6 Å². The van der Waals surface area contributed by atoms with Crippen molar-refractivity contribution in [1.82, 2.24) is 4.98 Å². The van der Waals surface area contributed by atoms with Crippen molar-refractivity contribution in [2.75, 3.05) is 11.4 Å². The Hall–Kier alpha value is -1.87. The minimum atomic E-state index is -0.367. The Kier molecular flexibility index (Phi) is 4.31. The first-order chi connectivity index (χ1) is 8.75. The third kappa shape index (κ3) is 3.57. The van der Waals surface area contributed by atoms with Crippen LogP contribution in [0.15, 0.2) is 54.7 Å². The second kappa shape index (κ2) is 6.17. The van der Waals surface area contributed by atoms with Gasteiger partial charge in [0.15, 0.2) is 0 Å². The van der Waals surface area contributed by atoms with Crippen LogP contribution < -0.4 is 4.90 Å². The fraction of sp³-hybridized carbons (Fsp3) is 0.267. The first kappa shape index (κ1) is 12.6. The topological polar surface area (TPSA) is 36.4 Å². The molecule has 1 atom stereocenters. The Morgan fingerprint density at radius 3 is 2.44 bits per heavy atom. The molecule has 1 N–H and O–H groups in total. The molecule has 0 saturated heterocycles. The molecule has 0 bridgehead atoms. The summed E-state index contributed by atoms with van der Waals surface area (Å²) in [4.78, 5) is 6.46. The number of nitrogens with zero attached hydrogens (tertiary/aromatic N) is 2. The fourth-order valence-corrected chi connectivity index (χ4v) is 1.91. The second-order valence-corrected chi connectivity index (χ2v) is 4.39. The van der Waals surface area contributed by atoms with E-state index in [1.807, 2.05) is 48.5 Å². The summed E-state index contributed by atoms with van der Waals surface area (Å²) in [7, 11) is 0. The van der Waals surface area contributed by atoms with E-state index in [-0.39, 0.29) is 6.10 Å². The standard InChI is InChI=1S/C15H18N2O/c1-13(18)11-17(15-8-3-2-4-9-15)12-14-7-5-6-10-16-14/h2-10,13,18H,11-12H2,1H3. The van der Waals surface area contributed by atoms with Gasteiger partial charge < -0.3 is 10.0 Å². The zero-order valence-corrected chi connectivity index (χ0v) is 10.5. The molecule has 0 amide bonds. The summed E-state index contributed by atoms with van der Waals surface area (Å²) < 4.78 is 0. The van der Waals surface area contributed by atoms with Crippen LogP contribution in [0.5, 0.6) is 0 Å². The van der Waals surface area contributed by atoms with Gasteiger partial charge in [-0.1, -0.05) is 24.3 Å². The van der Waals surface area contributed by atoms with Crippen molar-refractivity contribution in [1.29, 1.82) is 0 Å². The minimum Gasteiger partial charge on any atom is -0.392 e. The molecule has 3 nitrogen and oxygen atoms in total. The van der Waals surface area contributed by atoms with E-state index in [4.69, 9.17) is 0 Å². The molecule has 0 aliphatic heterocycles. The molecule has 0 fully saturated rings. The summed E-state index contributed by atoms with van der Waals surface area (Å²) in [6.45, 7) is 3.10. The lowest BCUT2D eigenvalue weighted by atomic mass is 10.2. The Morgan fingerprint density at radius 2 is 1.83 bits per heavy atom. The maximum Gasteiger partial charge on any atom is 0.0687 e. The number of hydrogen-bond acceptors (Lipinski definition) is 3. The van der Waals surface area contributed by atoms with Crippen LogP contribution >= 0.6 is 0 Å². The zero-order valence-electron chi connectivity index (χ0n) is 10.5. The number of aliphatic hydroxyl groups is 1. The van der Waals surface area contributed by atoms with Crippen LogP contribution in [-0.2, 0) is 6.54 Å². The van der Waals surface area contributed by atoms with Crippen LogP contribution in [0.4, 0.5) is 5.69 Å². The Balaban J connectivity index is 2.16. The summed E-state index contributed by atoms with van der Waals surface area (Å²) in [5, 5.41) is 9.60. The van der Waals surface area contributed by atoms with Crippen molar-refractivity contribution in [3.05, 3.63) is 60.4 Å². The molecule has 94 valence electrons. The lowest BCUT2D eigenvalue weighted by Gasteiger charge is -2.25. The van der Waals surface area contributed by atoms with Gasteiger partial charge in [-0.25, -0.2) is 0 Å². The molecule has 2 rings (SSSR count). The number of anilines is 1. The number of hydrogen-bond donors (Lipinski definition) is 1. The van der Waals surface area contributed by atoms with Crippen molar-refractivity contribution >= 4 is 5.69 Å². The van der Waals surface area contributed by atoms with Gasteiger partial charge in [-0.05, 0) is 31.2 Å². The van der Waals surface area contributed by atoms with E-state index in [0.29, 0.717) is 13.1 Å². The molecular formula is C15H18N2O. The Morgan fingerprint density at radius 1 is 1.11 bits per heavy atom. The number of benzene rings is 1. The van der Waals surface area contributed by atoms with Crippen molar-refractivity contribution in [2.45, 2.75) is 19.6 Å². The highest BCUT2D eigenvalue weighted by molar-refractivity contribution is 5.46. The molecule has 3 heteroatoms. The average Bonchev–Trinajstić information content (AvgIpc) is 2.40. The average molecular weight is 242 g/mol. The van der Waals surface area contributed by atoms with E-state index in [0.717, 1.165) is 11.4 Å². The molecule has 1 aromatic carbocycles. The summed E-state index contributed by atoms with van der Waals surface area (Å²) in [6.07, 6.45) is 1.43. The summed E-state index contributed by atoms with van der Waals surface area (Å²) in [5.41, 5.74) is 2.10. The highest BCUT2D eigenvalue weighted by atomic mass is 16.3. The van der Waals surface area contributed by atoms with Crippen molar-refractivity contribution < 1.29 is 5.11 Å². The highest BCUT2D eigenvalue weighted by Gasteiger charge is 2.10. The maximum absolute atomic E-state index is 9.60. The van der Waals surface area contributed by atoms with Crippen molar-refractivity contribution in [3.8, 4) is 0 Å². The zero-order chi connectivity index (χ0) is 12.8. The number of rotatable bonds is 5. The molecule has 1 aromatic heterocycles. The first-order valence-corrected chi connectivity index (χ1v) is 6.13. The third-order valence-corrected chi connectivity index (χ3v) is 2.68. The highest BCUT2D eigenvalue weighted by Crippen LogP contribution is 2.16. The van der Waals surface area contributed by atoms with Crippen LogP contribution in [0.25, 0.3) is 0 Å². The smallest absolute Gasteiger partial charge is 0.0687 e. The molecular weight excluding hydrogens is 224 g/mol. The van der Waals surface area contributed by atoms with E-state index in [1.165, 1.54) is 0 Å². The summed E-state index contributed by atoms with van der Waals surface area (Å²) in [5.74, 6) is 0. The van der Waals surface area contributed by atoms with Crippen LogP contribution in [0, 0.1) is 0 Å². The first-order valence-electron chi connectivity index (χ1n) is 6.13. The Bertz CT molecular complexity index is 456. The predicted octanol–water partition coefficient (Wildman–Crippen LogP) is 2.47. The monoisotopic (exact) mass is 242 g/mol. The predicted molar refractivity (Wildman–Crippen MR) is 73.4 cm³/mol. The lowest BCUT2D eigenvalue weighted by molar-refractivity contribution is 0.199. The molecule has 18 heavy (non-hydrogen) atoms. The van der Waals surface area contributed by atoms with Gasteiger partial charge in [0.2, 0.25) is 0 Å². The van der Waals surface area contributed by atoms with Gasteiger partial charge >= 0.3 is 0 Å². The molecule has 2 aromatic rings. The molecule has 0 radical (unpaired) electrons. The third-order valence-electron chi connectivity index (χ3n) is 2.68. The number of aliphatic hydroxyl groups excluding tert-OH is 1. The fourth-order valence-electron chi connectivity index (χ4n) is 1.91. The van der Waals surface area contributed by atoms with E-state index in [2.05, 4.69) is 9.88 Å². The maximum atomic E-state index is 9.60. The van der Waals surface area contributed by atoms with Gasteiger partial charge in [0.25, 0.3) is 0 Å². The van der Waals surface area contributed by atoms with E-state index >= 15 is 0 Å². The van der Waals surface area contributed by atoms with E-state index in [9.17, 15) is 5.11 Å². The molecule has 0 aliphatic rings. The number of pyridine rings is 1. The van der Waals surface area contributed by atoms with Crippen LogP contribution in [0.3, 0.4) is 0 Å². The summed E-state index contributed by atoms with van der Waals surface area (Å²) in [6, 6.07) is 16.0.